The van der Waals surface area contributed by atoms with Gasteiger partial charge in [-0.05, 0) is 12.2 Å². The molecule has 0 radical (unpaired) electrons. The Morgan fingerprint density at radius 3 is 1.94 bits per heavy atom. The van der Waals surface area contributed by atoms with Crippen molar-refractivity contribution in [3.8, 4) is 0 Å². The van der Waals surface area contributed by atoms with Crippen molar-refractivity contribution in [1.29, 1.82) is 0 Å². The number of carboxylic acids is 1. The quantitative estimate of drug-likeness (QED) is 0.680. The van der Waals surface area contributed by atoms with Gasteiger partial charge in [-0.15, -0.1) is 0 Å². The van der Waals surface area contributed by atoms with Crippen molar-refractivity contribution in [2.45, 2.75) is 0 Å². The molecule has 0 unspecified atom stereocenters. The summed E-state index contributed by atoms with van der Waals surface area (Å²) in [6, 6.07) is 0. The highest BCUT2D eigenvalue weighted by Gasteiger charge is 1.78. The third-order valence-electron chi connectivity index (χ3n) is 1.09. The molecule has 1 aromatic heterocycles. The lowest BCUT2D eigenvalue weighted by Gasteiger charge is -1.73. The van der Waals surface area contributed by atoms with Gasteiger partial charge in [-0.1, -0.05) is 19.7 Å². The number of rotatable bonds is 3. The fourth-order valence-corrected chi connectivity index (χ4v) is 0.389. The molecule has 17 heavy (non-hydrogen) atoms. The van der Waals surface area contributed by atoms with Crippen LogP contribution < -0.4 is 5.73 Å². The highest BCUT2D eigenvalue weighted by Crippen LogP contribution is 1.86. The van der Waals surface area contributed by atoms with Gasteiger partial charge in [-0.3, -0.25) is 4.79 Å². The van der Waals surface area contributed by atoms with E-state index in [-0.39, 0.29) is 0 Å². The largest absolute Gasteiger partial charge is 0.478 e. The third kappa shape index (κ3) is 16.1. The fraction of sp³-hybridized carbons (Fsp3) is 0. The maximum Gasteiger partial charge on any atom is 0.327 e. The van der Waals surface area contributed by atoms with E-state index in [0.29, 0.717) is 0 Å². The Morgan fingerprint density at radius 1 is 1.35 bits per heavy atom. The second-order valence-electron chi connectivity index (χ2n) is 2.33. The van der Waals surface area contributed by atoms with Gasteiger partial charge in [0.1, 0.15) is 5.82 Å². The summed E-state index contributed by atoms with van der Waals surface area (Å²) in [7, 11) is 0. The summed E-state index contributed by atoms with van der Waals surface area (Å²) in [6.07, 6.45) is 7.01. The lowest BCUT2D eigenvalue weighted by atomic mass is 10.6. The number of aromatic amines is 1. The van der Waals surface area contributed by atoms with Crippen molar-refractivity contribution in [3.63, 3.8) is 0 Å². The summed E-state index contributed by atoms with van der Waals surface area (Å²) in [5.41, 5.74) is 4.53. The molecule has 1 rings (SSSR count). The van der Waals surface area contributed by atoms with E-state index in [0.717, 1.165) is 18.0 Å². The van der Waals surface area contributed by atoms with Crippen LogP contribution in [-0.2, 0) is 9.59 Å². The highest BCUT2D eigenvalue weighted by atomic mass is 16.4. The molecule has 0 aliphatic heterocycles. The van der Waals surface area contributed by atoms with Crippen molar-refractivity contribution >= 4 is 18.0 Å². The number of aromatic nitrogens is 2. The van der Waals surface area contributed by atoms with Gasteiger partial charge in [-0.25, -0.2) is 9.78 Å². The van der Waals surface area contributed by atoms with Crippen LogP contribution in [0.4, 0.5) is 0 Å². The minimum absolute atomic E-state index is 0.481. The Balaban J connectivity index is 0. The van der Waals surface area contributed by atoms with Crippen molar-refractivity contribution in [2.24, 2.45) is 5.73 Å². The van der Waals surface area contributed by atoms with Gasteiger partial charge in [0, 0.05) is 18.5 Å². The molecular weight excluding hydrogens is 222 g/mol. The first-order chi connectivity index (χ1) is 7.97. The van der Waals surface area contributed by atoms with E-state index < -0.39 is 11.9 Å². The van der Waals surface area contributed by atoms with Crippen molar-refractivity contribution < 1.29 is 14.7 Å². The van der Waals surface area contributed by atoms with E-state index in [1.165, 1.54) is 0 Å². The van der Waals surface area contributed by atoms with E-state index in [9.17, 15) is 9.59 Å². The maximum atomic E-state index is 9.47. The molecule has 0 saturated carbocycles. The number of hydrogen-bond acceptors (Lipinski definition) is 3. The lowest BCUT2D eigenvalue weighted by molar-refractivity contribution is -0.131. The maximum absolute atomic E-state index is 9.47. The number of amides is 1. The number of imidazole rings is 1. The van der Waals surface area contributed by atoms with Crippen molar-refractivity contribution in [2.75, 3.05) is 0 Å². The Kier molecular flexibility index (Phi) is 11.3. The third-order valence-corrected chi connectivity index (χ3v) is 1.09. The van der Waals surface area contributed by atoms with Gasteiger partial charge >= 0.3 is 5.97 Å². The monoisotopic (exact) mass is 237 g/mol. The molecule has 0 spiro atoms. The zero-order valence-corrected chi connectivity index (χ0v) is 9.30. The zero-order chi connectivity index (χ0) is 13.7. The Hall–Kier alpha value is -2.63. The van der Waals surface area contributed by atoms with Crippen LogP contribution in [0.5, 0.6) is 0 Å². The predicted octanol–water partition coefficient (Wildman–Crippen LogP) is 0.967. The summed E-state index contributed by atoms with van der Waals surface area (Å²) in [4.78, 5) is 25.4. The summed E-state index contributed by atoms with van der Waals surface area (Å²) < 4.78 is 0. The van der Waals surface area contributed by atoms with E-state index in [4.69, 9.17) is 5.11 Å². The fourth-order valence-electron chi connectivity index (χ4n) is 0.389. The van der Waals surface area contributed by atoms with Crippen LogP contribution in [0, 0.1) is 0 Å². The van der Waals surface area contributed by atoms with E-state index in [1.807, 2.05) is 0 Å². The molecule has 6 heteroatoms. The molecule has 0 bridgehead atoms. The molecule has 1 aromatic rings. The molecule has 0 fully saturated rings. The topological polar surface area (TPSA) is 109 Å². The van der Waals surface area contributed by atoms with Crippen LogP contribution in [0.1, 0.15) is 5.82 Å². The average Bonchev–Trinajstić information content (AvgIpc) is 2.83. The minimum atomic E-state index is -0.981. The minimum Gasteiger partial charge on any atom is -0.478 e. The van der Waals surface area contributed by atoms with Crippen LogP contribution in [0.3, 0.4) is 0 Å². The van der Waals surface area contributed by atoms with Gasteiger partial charge in [-0.2, -0.15) is 0 Å². The Morgan fingerprint density at radius 2 is 1.82 bits per heavy atom. The first-order valence-electron chi connectivity index (χ1n) is 4.37. The first kappa shape index (κ1) is 16.8. The second kappa shape index (κ2) is 11.4. The van der Waals surface area contributed by atoms with Gasteiger partial charge < -0.3 is 15.8 Å². The summed E-state index contributed by atoms with van der Waals surface area (Å²) in [5, 5.41) is 7.60. The number of nitrogens with zero attached hydrogens (tertiary/aromatic N) is 1. The standard InChI is InChI=1S/C5H6N2.C3H5NO.C3H4O2/c1-2-5-6-3-4-7-5;2*1-2-3(4)5/h2-4H,1H2,(H,6,7);2H,1H2,(H2,4,5);2H,1H2,(H,4,5). The predicted molar refractivity (Wildman–Crippen MR) is 65.9 cm³/mol. The summed E-state index contributed by atoms with van der Waals surface area (Å²) in [6.45, 7) is 9.56. The smallest absolute Gasteiger partial charge is 0.327 e. The molecule has 0 saturated heterocycles. The summed E-state index contributed by atoms with van der Waals surface area (Å²) in [5.74, 6) is -0.644. The normalized spacial score (nSPS) is 7.29. The van der Waals surface area contributed by atoms with E-state index >= 15 is 0 Å². The first-order valence-corrected chi connectivity index (χ1v) is 4.37. The molecule has 4 N–H and O–H groups in total. The highest BCUT2D eigenvalue weighted by molar-refractivity contribution is 5.84. The number of aliphatic carboxylic acids is 1. The van der Waals surface area contributed by atoms with Crippen molar-refractivity contribution in [1.82, 2.24) is 9.97 Å². The molecular formula is C11H15N3O3. The molecule has 6 nitrogen and oxygen atoms in total. The molecule has 1 heterocycles. The van der Waals surface area contributed by atoms with Crippen LogP contribution >= 0.6 is 0 Å². The van der Waals surface area contributed by atoms with Gasteiger partial charge in [0.15, 0.2) is 0 Å². The van der Waals surface area contributed by atoms with Crippen LogP contribution in [0.25, 0.3) is 6.08 Å². The van der Waals surface area contributed by atoms with Gasteiger partial charge in [0.25, 0.3) is 0 Å². The molecule has 0 aliphatic rings. The van der Waals surface area contributed by atoms with Gasteiger partial charge in [0.05, 0.1) is 0 Å². The summed E-state index contributed by atoms with van der Waals surface area (Å²) >= 11 is 0. The van der Waals surface area contributed by atoms with Gasteiger partial charge in [0.2, 0.25) is 5.91 Å². The van der Waals surface area contributed by atoms with Crippen molar-refractivity contribution in [3.05, 3.63) is 50.1 Å². The average molecular weight is 237 g/mol. The SMILES string of the molecule is C=CC(=O)O.C=CC(N)=O.C=Cc1ncc[nH]1. The molecule has 92 valence electrons. The van der Waals surface area contributed by atoms with E-state index in [2.05, 4.69) is 35.4 Å². The molecule has 1 amide bonds. The zero-order valence-electron chi connectivity index (χ0n) is 9.30. The number of nitrogens with one attached hydrogen (secondary N) is 1. The molecule has 0 atom stereocenters. The van der Waals surface area contributed by atoms with Crippen LogP contribution in [-0.4, -0.2) is 27.0 Å². The Labute approximate surface area is 99.2 Å². The lowest BCUT2D eigenvalue weighted by Crippen LogP contribution is -2.04. The number of nitrogens with two attached hydrogens (primary N) is 1. The van der Waals surface area contributed by atoms with Crippen LogP contribution in [0.15, 0.2) is 44.3 Å². The Bertz CT molecular complexity index is 351. The number of primary amides is 1. The van der Waals surface area contributed by atoms with E-state index in [1.54, 1.807) is 18.5 Å². The van der Waals surface area contributed by atoms with Crippen LogP contribution in [0.2, 0.25) is 0 Å². The number of carbonyl (C=O) groups excluding carboxylic acids is 1. The molecule has 0 aromatic carbocycles. The molecule has 0 aliphatic carbocycles. The second-order valence-corrected chi connectivity index (χ2v) is 2.33. The number of hydrogen-bond donors (Lipinski definition) is 3. The number of H-pyrrole nitrogens is 1. The number of carbonyl (C=O) groups is 2. The number of carboxylic acid groups (broad SMARTS) is 1.